The number of hydrogen-bond donors (Lipinski definition) is 4. The number of aryl methyl sites for hydroxylation is 1. The highest BCUT2D eigenvalue weighted by Crippen LogP contribution is 2.34. The van der Waals surface area contributed by atoms with Crippen LogP contribution in [0.3, 0.4) is 0 Å². The van der Waals surface area contributed by atoms with E-state index in [0.29, 0.717) is 5.69 Å². The highest BCUT2D eigenvalue weighted by Gasteiger charge is 2.23. The van der Waals surface area contributed by atoms with Gasteiger partial charge in [0.25, 0.3) is 0 Å². The molecule has 0 fully saturated rings. The molecule has 2 aromatic heterocycles. The van der Waals surface area contributed by atoms with Gasteiger partial charge in [-0.25, -0.2) is 0 Å². The summed E-state index contributed by atoms with van der Waals surface area (Å²) in [5, 5.41) is 21.9. The predicted octanol–water partition coefficient (Wildman–Crippen LogP) is 6.00. The molecule has 5 nitrogen and oxygen atoms in total. The lowest BCUT2D eigenvalue weighted by atomic mass is 9.92. The molecule has 0 aliphatic rings. The first kappa shape index (κ1) is 23.7. The molecule has 3 unspecified atom stereocenters. The van der Waals surface area contributed by atoms with Crippen molar-refractivity contribution in [3.63, 3.8) is 0 Å². The van der Waals surface area contributed by atoms with Crippen LogP contribution in [0.2, 0.25) is 0 Å². The lowest BCUT2D eigenvalue weighted by Gasteiger charge is -2.17. The molecule has 4 N–H and O–H groups in total. The normalized spacial score (nSPS) is 13.8. The molecule has 0 bridgehead atoms. The van der Waals surface area contributed by atoms with Crippen molar-refractivity contribution < 1.29 is 14.9 Å². The summed E-state index contributed by atoms with van der Waals surface area (Å²) in [5.41, 5.74) is 7.26. The first-order valence-corrected chi connectivity index (χ1v) is 12.0. The number of ether oxygens (including phenoxy) is 1. The third-order valence-corrected chi connectivity index (χ3v) is 6.63. The predicted molar refractivity (Wildman–Crippen MR) is 141 cm³/mol. The number of benzene rings is 3. The van der Waals surface area contributed by atoms with Gasteiger partial charge in [-0.2, -0.15) is 0 Å². The van der Waals surface area contributed by atoms with Gasteiger partial charge in [0.15, 0.2) is 0 Å². The summed E-state index contributed by atoms with van der Waals surface area (Å²) in [5.74, 6) is 0.622. The van der Waals surface area contributed by atoms with E-state index in [1.165, 1.54) is 5.56 Å². The molecule has 0 saturated heterocycles. The molecular weight excluding hydrogens is 448 g/mol. The zero-order valence-electron chi connectivity index (χ0n) is 20.3. The highest BCUT2D eigenvalue weighted by atomic mass is 16.5. The van der Waals surface area contributed by atoms with Gasteiger partial charge in [0, 0.05) is 22.8 Å². The Kier molecular flexibility index (Phi) is 6.76. The van der Waals surface area contributed by atoms with Gasteiger partial charge in [0.2, 0.25) is 0 Å². The standard InChI is InChI=1S/C31H30N2O3/c1-20-8-10-21(11-9-20)29(25-16-18-27(32-25)30(34)22-6-4-3-5-7-22)26-17-19-28(33-26)31(35)23-12-14-24(36-2)15-13-23/h3-19,29-35H,1-2H3. The SMILES string of the molecule is COc1ccc(C(O)c2ccc(C(c3ccc(C)cc3)c3ccc(C(O)c4ccccc4)[nH]3)[nH]2)cc1. The second-order valence-electron chi connectivity index (χ2n) is 9.07. The van der Waals surface area contributed by atoms with E-state index in [1.807, 2.05) is 78.9 Å². The van der Waals surface area contributed by atoms with Gasteiger partial charge in [-0.1, -0.05) is 72.3 Å². The Morgan fingerprint density at radius 3 is 1.56 bits per heavy atom. The number of methoxy groups -OCH3 is 1. The van der Waals surface area contributed by atoms with Crippen molar-refractivity contribution >= 4 is 0 Å². The number of rotatable bonds is 8. The lowest BCUT2D eigenvalue weighted by molar-refractivity contribution is 0.215. The highest BCUT2D eigenvalue weighted by molar-refractivity contribution is 5.42. The maximum Gasteiger partial charge on any atom is 0.119 e. The zero-order valence-corrected chi connectivity index (χ0v) is 20.3. The van der Waals surface area contributed by atoms with Crippen molar-refractivity contribution in [2.45, 2.75) is 25.0 Å². The summed E-state index contributed by atoms with van der Waals surface area (Å²) in [7, 11) is 1.62. The summed E-state index contributed by atoms with van der Waals surface area (Å²) in [4.78, 5) is 6.92. The molecule has 3 aromatic carbocycles. The van der Waals surface area contributed by atoms with Gasteiger partial charge in [-0.15, -0.1) is 0 Å². The van der Waals surface area contributed by atoms with Gasteiger partial charge in [-0.05, 0) is 60.0 Å². The van der Waals surface area contributed by atoms with E-state index in [-0.39, 0.29) is 5.92 Å². The molecule has 0 amide bonds. The van der Waals surface area contributed by atoms with E-state index in [0.717, 1.165) is 39.5 Å². The van der Waals surface area contributed by atoms with Gasteiger partial charge in [0.1, 0.15) is 18.0 Å². The van der Waals surface area contributed by atoms with Crippen LogP contribution in [0.15, 0.2) is 103 Å². The number of H-pyrrole nitrogens is 2. The van der Waals surface area contributed by atoms with E-state index >= 15 is 0 Å². The molecule has 2 heterocycles. The molecule has 5 heteroatoms. The van der Waals surface area contributed by atoms with Crippen LogP contribution < -0.4 is 4.74 Å². The fourth-order valence-electron chi connectivity index (χ4n) is 4.58. The Labute approximate surface area is 211 Å². The largest absolute Gasteiger partial charge is 0.497 e. The van der Waals surface area contributed by atoms with Crippen molar-refractivity contribution in [3.8, 4) is 5.75 Å². The summed E-state index contributed by atoms with van der Waals surface area (Å²) >= 11 is 0. The van der Waals surface area contributed by atoms with Crippen LogP contribution in [0.25, 0.3) is 0 Å². The number of aromatic nitrogens is 2. The molecule has 182 valence electrons. The van der Waals surface area contributed by atoms with Crippen molar-refractivity contribution in [1.82, 2.24) is 9.97 Å². The Morgan fingerprint density at radius 2 is 1.03 bits per heavy atom. The fourth-order valence-corrected chi connectivity index (χ4v) is 4.58. The Balaban J connectivity index is 1.49. The maximum absolute atomic E-state index is 11.0. The lowest BCUT2D eigenvalue weighted by Crippen LogP contribution is -2.07. The van der Waals surface area contributed by atoms with Crippen LogP contribution in [0.4, 0.5) is 0 Å². The minimum absolute atomic E-state index is 0.126. The van der Waals surface area contributed by atoms with E-state index in [4.69, 9.17) is 4.74 Å². The van der Waals surface area contributed by atoms with Crippen LogP contribution in [-0.2, 0) is 0 Å². The van der Waals surface area contributed by atoms with Crippen molar-refractivity contribution in [2.75, 3.05) is 7.11 Å². The van der Waals surface area contributed by atoms with Crippen LogP contribution >= 0.6 is 0 Å². The summed E-state index contributed by atoms with van der Waals surface area (Å²) in [6.07, 6.45) is -1.53. The van der Waals surface area contributed by atoms with Crippen LogP contribution in [0.5, 0.6) is 5.75 Å². The zero-order chi connectivity index (χ0) is 25.1. The van der Waals surface area contributed by atoms with Crippen molar-refractivity contribution in [3.05, 3.63) is 148 Å². The fraction of sp³-hybridized carbons (Fsp3) is 0.161. The second-order valence-corrected chi connectivity index (χ2v) is 9.07. The van der Waals surface area contributed by atoms with E-state index < -0.39 is 12.2 Å². The molecule has 36 heavy (non-hydrogen) atoms. The second kappa shape index (κ2) is 10.3. The monoisotopic (exact) mass is 478 g/mol. The summed E-state index contributed by atoms with van der Waals surface area (Å²) < 4.78 is 5.23. The molecular formula is C31H30N2O3. The first-order chi connectivity index (χ1) is 17.5. The minimum Gasteiger partial charge on any atom is -0.497 e. The molecule has 5 rings (SSSR count). The Hall–Kier alpha value is -4.06. The molecule has 0 saturated carbocycles. The molecule has 0 aliphatic heterocycles. The van der Waals surface area contributed by atoms with Gasteiger partial charge < -0.3 is 24.9 Å². The Morgan fingerprint density at radius 1 is 0.556 bits per heavy atom. The quantitative estimate of drug-likeness (QED) is 0.221. The Bertz CT molecular complexity index is 1400. The third kappa shape index (κ3) is 4.85. The van der Waals surface area contributed by atoms with Gasteiger partial charge >= 0.3 is 0 Å². The van der Waals surface area contributed by atoms with Gasteiger partial charge in [-0.3, -0.25) is 0 Å². The molecule has 0 spiro atoms. The molecule has 0 radical (unpaired) electrons. The first-order valence-electron chi connectivity index (χ1n) is 12.0. The van der Waals surface area contributed by atoms with Crippen molar-refractivity contribution in [2.24, 2.45) is 0 Å². The minimum atomic E-state index is -0.789. The summed E-state index contributed by atoms with van der Waals surface area (Å²) in [6.45, 7) is 2.07. The molecule has 3 atom stereocenters. The van der Waals surface area contributed by atoms with Crippen LogP contribution in [-0.4, -0.2) is 27.3 Å². The number of hydrogen-bond acceptors (Lipinski definition) is 3. The van der Waals surface area contributed by atoms with E-state index in [1.54, 1.807) is 7.11 Å². The topological polar surface area (TPSA) is 81.3 Å². The van der Waals surface area contributed by atoms with E-state index in [9.17, 15) is 10.2 Å². The van der Waals surface area contributed by atoms with Gasteiger partial charge in [0.05, 0.1) is 13.0 Å². The summed E-state index contributed by atoms with van der Waals surface area (Å²) in [6, 6.07) is 33.4. The number of aliphatic hydroxyl groups is 2. The molecule has 5 aromatic rings. The smallest absolute Gasteiger partial charge is 0.119 e. The van der Waals surface area contributed by atoms with E-state index in [2.05, 4.69) is 41.2 Å². The van der Waals surface area contributed by atoms with Crippen LogP contribution in [0, 0.1) is 6.92 Å². The number of aromatic amines is 2. The van der Waals surface area contributed by atoms with Crippen LogP contribution in [0.1, 0.15) is 63.2 Å². The van der Waals surface area contributed by atoms with Crippen molar-refractivity contribution in [1.29, 1.82) is 0 Å². The molecule has 0 aliphatic carbocycles. The third-order valence-electron chi connectivity index (χ3n) is 6.63. The maximum atomic E-state index is 11.0. The number of aliphatic hydroxyl groups excluding tert-OH is 2. The number of nitrogens with one attached hydrogen (secondary N) is 2. The average Bonchev–Trinajstić information content (AvgIpc) is 3.61. The average molecular weight is 479 g/mol.